The second kappa shape index (κ2) is 9.01. The van der Waals surface area contributed by atoms with E-state index in [0.717, 1.165) is 32.5 Å². The zero-order valence-corrected chi connectivity index (χ0v) is 15.5. The third-order valence-electron chi connectivity index (χ3n) is 4.55. The van der Waals surface area contributed by atoms with Crippen molar-refractivity contribution < 1.29 is 23.8 Å². The maximum absolute atomic E-state index is 12.5. The predicted octanol–water partition coefficient (Wildman–Crippen LogP) is 2.08. The van der Waals surface area contributed by atoms with Crippen molar-refractivity contribution in [1.29, 1.82) is 0 Å². The van der Waals surface area contributed by atoms with Crippen molar-refractivity contribution in [2.45, 2.75) is 39.7 Å². The molecule has 7 nitrogen and oxygen atoms in total. The average molecular weight is 352 g/mol. The van der Waals surface area contributed by atoms with E-state index in [9.17, 15) is 9.59 Å². The van der Waals surface area contributed by atoms with Gasteiger partial charge in [0.15, 0.2) is 0 Å². The lowest BCUT2D eigenvalue weighted by Gasteiger charge is -2.31. The van der Waals surface area contributed by atoms with Gasteiger partial charge in [0.25, 0.3) is 0 Å². The molecule has 1 aromatic rings. The molecule has 0 aliphatic carbocycles. The molecule has 0 aromatic carbocycles. The lowest BCUT2D eigenvalue weighted by Crippen LogP contribution is -2.40. The number of likely N-dealkylation sites (N-methyl/N-ethyl adjacent to an activating group) is 1. The Morgan fingerprint density at radius 2 is 2.00 bits per heavy atom. The van der Waals surface area contributed by atoms with Crippen molar-refractivity contribution in [3.63, 3.8) is 0 Å². The highest BCUT2D eigenvalue weighted by Crippen LogP contribution is 2.21. The summed E-state index contributed by atoms with van der Waals surface area (Å²) in [5.41, 5.74) is 1.88. The van der Waals surface area contributed by atoms with Gasteiger partial charge in [-0.25, -0.2) is 9.59 Å². The molecule has 0 bridgehead atoms. The monoisotopic (exact) mass is 352 g/mol. The number of carbonyl (C=O) groups is 2. The maximum Gasteiger partial charge on any atom is 0.355 e. The van der Waals surface area contributed by atoms with Crippen LogP contribution in [0.1, 0.15) is 51.9 Å². The number of rotatable bonds is 7. The van der Waals surface area contributed by atoms with Crippen molar-refractivity contribution in [2.24, 2.45) is 0 Å². The van der Waals surface area contributed by atoms with Crippen LogP contribution in [0.2, 0.25) is 0 Å². The number of methoxy groups -OCH3 is 1. The minimum Gasteiger partial charge on any atom is -0.460 e. The number of aryl methyl sites for hydroxylation is 1. The molecule has 0 saturated carbocycles. The topological polar surface area (TPSA) is 80.9 Å². The Hall–Kier alpha value is -1.86. The molecule has 0 amide bonds. The van der Waals surface area contributed by atoms with Gasteiger partial charge in [-0.05, 0) is 45.3 Å². The third-order valence-corrected chi connectivity index (χ3v) is 4.55. The largest absolute Gasteiger partial charge is 0.460 e. The Labute approximate surface area is 148 Å². The zero-order chi connectivity index (χ0) is 18.4. The summed E-state index contributed by atoms with van der Waals surface area (Å²) < 4.78 is 15.7. The van der Waals surface area contributed by atoms with Gasteiger partial charge in [0.2, 0.25) is 0 Å². The number of hydrogen-bond acceptors (Lipinski definition) is 6. The van der Waals surface area contributed by atoms with E-state index in [0.29, 0.717) is 29.1 Å². The lowest BCUT2D eigenvalue weighted by molar-refractivity contribution is 0.00713. The molecule has 1 fully saturated rings. The van der Waals surface area contributed by atoms with E-state index in [1.165, 1.54) is 0 Å². The van der Waals surface area contributed by atoms with E-state index in [1.54, 1.807) is 21.0 Å². The standard InChI is InChI=1S/C18H28N2O5/c1-5-20-8-6-7-14(11-20)25-18(22)16-12(2)15(13(3)19-16)17(21)24-10-9-23-4/h14,19H,5-11H2,1-4H3. The number of H-pyrrole nitrogens is 1. The Kier molecular flexibility index (Phi) is 7.01. The van der Waals surface area contributed by atoms with Crippen LogP contribution < -0.4 is 0 Å². The van der Waals surface area contributed by atoms with E-state index in [1.807, 2.05) is 0 Å². The van der Waals surface area contributed by atoms with Crippen LogP contribution in [0.25, 0.3) is 0 Å². The number of hydrogen-bond donors (Lipinski definition) is 1. The number of ether oxygens (including phenoxy) is 3. The Morgan fingerprint density at radius 1 is 1.24 bits per heavy atom. The van der Waals surface area contributed by atoms with Crippen LogP contribution >= 0.6 is 0 Å². The molecule has 25 heavy (non-hydrogen) atoms. The summed E-state index contributed by atoms with van der Waals surface area (Å²) in [7, 11) is 1.54. The van der Waals surface area contributed by atoms with Gasteiger partial charge in [-0.15, -0.1) is 0 Å². The highest BCUT2D eigenvalue weighted by molar-refractivity contribution is 5.98. The molecule has 2 rings (SSSR count). The van der Waals surface area contributed by atoms with Crippen molar-refractivity contribution in [3.05, 3.63) is 22.5 Å². The molecule has 7 heteroatoms. The Bertz CT molecular complexity index is 611. The molecule has 140 valence electrons. The lowest BCUT2D eigenvalue weighted by atomic mass is 10.1. The fraction of sp³-hybridized carbons (Fsp3) is 0.667. The number of likely N-dealkylation sites (tertiary alicyclic amines) is 1. The number of esters is 2. The van der Waals surface area contributed by atoms with Crippen molar-refractivity contribution >= 4 is 11.9 Å². The highest BCUT2D eigenvalue weighted by Gasteiger charge is 2.27. The number of carbonyl (C=O) groups excluding carboxylic acids is 2. The molecule has 1 aliphatic rings. The molecule has 1 N–H and O–H groups in total. The van der Waals surface area contributed by atoms with Crippen molar-refractivity contribution in [3.8, 4) is 0 Å². The molecule has 0 spiro atoms. The minimum absolute atomic E-state index is 0.110. The molecule has 1 saturated heterocycles. The summed E-state index contributed by atoms with van der Waals surface area (Å²) in [4.78, 5) is 30.0. The van der Waals surface area contributed by atoms with Gasteiger partial charge in [-0.1, -0.05) is 6.92 Å². The smallest absolute Gasteiger partial charge is 0.355 e. The fourth-order valence-corrected chi connectivity index (χ4v) is 3.16. The van der Waals surface area contributed by atoms with Crippen LogP contribution in [0.15, 0.2) is 0 Å². The first-order valence-electron chi connectivity index (χ1n) is 8.76. The molecule has 1 unspecified atom stereocenters. The molecule has 1 aromatic heterocycles. The summed E-state index contributed by atoms with van der Waals surface area (Å²) in [6, 6.07) is 0. The first kappa shape index (κ1) is 19.5. The summed E-state index contributed by atoms with van der Waals surface area (Å²) in [5.74, 6) is -0.878. The molecule has 2 heterocycles. The predicted molar refractivity (Wildman–Crippen MR) is 93.0 cm³/mol. The zero-order valence-electron chi connectivity index (χ0n) is 15.5. The average Bonchev–Trinajstić information content (AvgIpc) is 2.90. The summed E-state index contributed by atoms with van der Waals surface area (Å²) in [6.07, 6.45) is 1.78. The highest BCUT2D eigenvalue weighted by atomic mass is 16.6. The third kappa shape index (κ3) is 4.83. The van der Waals surface area contributed by atoms with Gasteiger partial charge in [-0.2, -0.15) is 0 Å². The first-order valence-corrected chi connectivity index (χ1v) is 8.76. The van der Waals surface area contributed by atoms with E-state index < -0.39 is 11.9 Å². The second-order valence-electron chi connectivity index (χ2n) is 6.32. The van der Waals surface area contributed by atoms with Gasteiger partial charge < -0.3 is 19.2 Å². The van der Waals surface area contributed by atoms with Gasteiger partial charge in [0.1, 0.15) is 18.4 Å². The number of nitrogens with one attached hydrogen (secondary N) is 1. The SMILES string of the molecule is CCN1CCCC(OC(=O)c2[nH]c(C)c(C(=O)OCCOC)c2C)C1. The van der Waals surface area contributed by atoms with Crippen LogP contribution in [-0.4, -0.2) is 67.9 Å². The molecule has 0 radical (unpaired) electrons. The molecule has 1 aliphatic heterocycles. The van der Waals surface area contributed by atoms with Crippen LogP contribution in [0, 0.1) is 13.8 Å². The summed E-state index contributed by atoms with van der Waals surface area (Å²) >= 11 is 0. The summed E-state index contributed by atoms with van der Waals surface area (Å²) in [6.45, 7) is 8.83. The first-order chi connectivity index (χ1) is 12.0. The van der Waals surface area contributed by atoms with E-state index >= 15 is 0 Å². The Morgan fingerprint density at radius 3 is 2.68 bits per heavy atom. The fourth-order valence-electron chi connectivity index (χ4n) is 3.16. The maximum atomic E-state index is 12.5. The van der Waals surface area contributed by atoms with Gasteiger partial charge in [-0.3, -0.25) is 4.90 Å². The van der Waals surface area contributed by atoms with Crippen LogP contribution in [0.3, 0.4) is 0 Å². The van der Waals surface area contributed by atoms with E-state index in [-0.39, 0.29) is 12.7 Å². The number of aromatic amines is 1. The van der Waals surface area contributed by atoms with Crippen LogP contribution in [-0.2, 0) is 14.2 Å². The normalized spacial score (nSPS) is 18.2. The number of aromatic nitrogens is 1. The van der Waals surface area contributed by atoms with Gasteiger partial charge >= 0.3 is 11.9 Å². The second-order valence-corrected chi connectivity index (χ2v) is 6.32. The molecular weight excluding hydrogens is 324 g/mol. The van der Waals surface area contributed by atoms with Crippen molar-refractivity contribution in [2.75, 3.05) is 40.0 Å². The van der Waals surface area contributed by atoms with Crippen LogP contribution in [0.4, 0.5) is 0 Å². The van der Waals surface area contributed by atoms with E-state index in [4.69, 9.17) is 14.2 Å². The van der Waals surface area contributed by atoms with Gasteiger partial charge in [0.05, 0.1) is 12.2 Å². The Balaban J connectivity index is 2.05. The quantitative estimate of drug-likeness (QED) is 0.598. The number of piperidine rings is 1. The van der Waals surface area contributed by atoms with Crippen LogP contribution in [0.5, 0.6) is 0 Å². The minimum atomic E-state index is -0.461. The number of nitrogens with zero attached hydrogens (tertiary/aromatic N) is 1. The van der Waals surface area contributed by atoms with Gasteiger partial charge in [0, 0.05) is 19.3 Å². The summed E-state index contributed by atoms with van der Waals surface area (Å²) in [5, 5.41) is 0. The molecule has 1 atom stereocenters. The van der Waals surface area contributed by atoms with Crippen molar-refractivity contribution in [1.82, 2.24) is 9.88 Å². The molecular formula is C18H28N2O5. The van der Waals surface area contributed by atoms with E-state index in [2.05, 4.69) is 16.8 Å².